The summed E-state index contributed by atoms with van der Waals surface area (Å²) >= 11 is 5.58. The van der Waals surface area contributed by atoms with E-state index < -0.39 is 23.2 Å². The fraction of sp³-hybridized carbons (Fsp3) is 0. The highest BCUT2D eigenvalue weighted by atomic mass is 35.5. The van der Waals surface area contributed by atoms with Gasteiger partial charge < -0.3 is 15.6 Å². The van der Waals surface area contributed by atoms with E-state index in [9.17, 15) is 13.6 Å². The zero-order valence-corrected chi connectivity index (χ0v) is 10.6. The lowest BCUT2D eigenvalue weighted by Crippen LogP contribution is -2.03. The highest BCUT2D eigenvalue weighted by Crippen LogP contribution is 2.31. The number of carbonyl (C=O) groups is 1. The van der Waals surface area contributed by atoms with E-state index in [1.165, 1.54) is 12.1 Å². The minimum atomic E-state index is -1.44. The highest BCUT2D eigenvalue weighted by Gasteiger charge is 2.15. The molecule has 0 atom stereocenters. The van der Waals surface area contributed by atoms with Gasteiger partial charge in [-0.05, 0) is 18.2 Å². The van der Waals surface area contributed by atoms with Gasteiger partial charge in [0.15, 0.2) is 5.75 Å². The van der Waals surface area contributed by atoms with E-state index in [4.69, 9.17) is 27.2 Å². The first kappa shape index (κ1) is 14.1. The van der Waals surface area contributed by atoms with E-state index in [1.54, 1.807) is 0 Å². The van der Waals surface area contributed by atoms with Crippen molar-refractivity contribution < 1.29 is 23.4 Å². The number of hydrogen-bond acceptors (Lipinski definition) is 3. The summed E-state index contributed by atoms with van der Waals surface area (Å²) in [5.74, 6) is -3.00. The van der Waals surface area contributed by atoms with Crippen LogP contribution in [0.15, 0.2) is 30.3 Å². The number of aromatic carboxylic acids is 1. The van der Waals surface area contributed by atoms with Gasteiger partial charge in [-0.25, -0.2) is 13.6 Å². The van der Waals surface area contributed by atoms with Gasteiger partial charge in [-0.1, -0.05) is 11.6 Å². The molecule has 0 radical (unpaired) electrons. The van der Waals surface area contributed by atoms with Gasteiger partial charge in [-0.3, -0.25) is 0 Å². The van der Waals surface area contributed by atoms with Crippen molar-refractivity contribution in [1.82, 2.24) is 0 Å². The highest BCUT2D eigenvalue weighted by molar-refractivity contribution is 6.30. The van der Waals surface area contributed by atoms with Gasteiger partial charge >= 0.3 is 5.97 Å². The summed E-state index contributed by atoms with van der Waals surface area (Å²) in [6, 6.07) is 5.34. The first-order valence-corrected chi connectivity index (χ1v) is 5.71. The normalized spacial score (nSPS) is 10.3. The molecule has 20 heavy (non-hydrogen) atoms. The molecular weight excluding hydrogens is 292 g/mol. The van der Waals surface area contributed by atoms with E-state index in [0.29, 0.717) is 0 Å². The second kappa shape index (κ2) is 5.34. The molecule has 2 aromatic rings. The lowest BCUT2D eigenvalue weighted by atomic mass is 10.1. The molecule has 0 spiro atoms. The Kier molecular flexibility index (Phi) is 3.76. The van der Waals surface area contributed by atoms with Crippen molar-refractivity contribution in [2.75, 3.05) is 5.73 Å². The van der Waals surface area contributed by atoms with Crippen LogP contribution >= 0.6 is 11.6 Å². The molecule has 0 aliphatic rings. The van der Waals surface area contributed by atoms with E-state index >= 15 is 0 Å². The smallest absolute Gasteiger partial charge is 0.338 e. The number of anilines is 1. The quantitative estimate of drug-likeness (QED) is 0.848. The lowest BCUT2D eigenvalue weighted by molar-refractivity contribution is 0.0692. The molecule has 0 aromatic heterocycles. The summed E-state index contributed by atoms with van der Waals surface area (Å²) in [5.41, 5.74) is 4.95. The summed E-state index contributed by atoms with van der Waals surface area (Å²) < 4.78 is 31.8. The van der Waals surface area contributed by atoms with Gasteiger partial charge in [-0.2, -0.15) is 0 Å². The van der Waals surface area contributed by atoms with E-state index in [1.807, 2.05) is 0 Å². The summed E-state index contributed by atoms with van der Waals surface area (Å²) in [6.45, 7) is 0. The van der Waals surface area contributed by atoms with Crippen molar-refractivity contribution >= 4 is 23.3 Å². The van der Waals surface area contributed by atoms with Gasteiger partial charge in [0.2, 0.25) is 0 Å². The Morgan fingerprint density at radius 3 is 2.50 bits per heavy atom. The van der Waals surface area contributed by atoms with Crippen molar-refractivity contribution in [2.24, 2.45) is 0 Å². The summed E-state index contributed by atoms with van der Waals surface area (Å²) in [4.78, 5) is 10.7. The molecule has 0 saturated carbocycles. The number of hydrogen-bond donors (Lipinski definition) is 2. The molecule has 0 amide bonds. The Balaban J connectivity index is 2.36. The zero-order chi connectivity index (χ0) is 14.9. The second-order valence-electron chi connectivity index (χ2n) is 3.85. The topological polar surface area (TPSA) is 72.6 Å². The number of benzene rings is 2. The number of carboxylic acids is 1. The molecule has 0 unspecified atom stereocenters. The van der Waals surface area contributed by atoms with Crippen molar-refractivity contribution in [3.8, 4) is 11.5 Å². The van der Waals surface area contributed by atoms with Crippen LogP contribution in [0, 0.1) is 11.6 Å². The van der Waals surface area contributed by atoms with Crippen LogP contribution in [-0.4, -0.2) is 11.1 Å². The molecule has 4 nitrogen and oxygen atoms in total. The number of carboxylic acid groups (broad SMARTS) is 1. The minimum absolute atomic E-state index is 0.0655. The van der Waals surface area contributed by atoms with Crippen LogP contribution < -0.4 is 10.5 Å². The van der Waals surface area contributed by atoms with Gasteiger partial charge in [-0.15, -0.1) is 0 Å². The van der Waals surface area contributed by atoms with Crippen molar-refractivity contribution in [3.63, 3.8) is 0 Å². The van der Waals surface area contributed by atoms with Crippen molar-refractivity contribution in [3.05, 3.63) is 52.6 Å². The maximum atomic E-state index is 13.5. The molecule has 2 aromatic carbocycles. The summed E-state index contributed by atoms with van der Waals surface area (Å²) in [5, 5.41) is 8.58. The first-order valence-electron chi connectivity index (χ1n) is 5.33. The van der Waals surface area contributed by atoms with Crippen LogP contribution in [0.1, 0.15) is 10.4 Å². The van der Waals surface area contributed by atoms with E-state index in [2.05, 4.69) is 0 Å². The molecule has 0 aliphatic carbocycles. The fourth-order valence-electron chi connectivity index (χ4n) is 1.49. The summed E-state index contributed by atoms with van der Waals surface area (Å²) in [6.07, 6.45) is 0. The SMILES string of the molecule is Nc1cc(C(=O)O)c(F)cc1Oc1ccc(F)c(Cl)c1. The van der Waals surface area contributed by atoms with Crippen LogP contribution in [0.25, 0.3) is 0 Å². The third-order valence-corrected chi connectivity index (χ3v) is 2.74. The minimum Gasteiger partial charge on any atom is -0.478 e. The molecule has 7 heteroatoms. The molecule has 0 heterocycles. The Labute approximate surface area is 117 Å². The van der Waals surface area contributed by atoms with Gasteiger partial charge in [0.25, 0.3) is 0 Å². The average Bonchev–Trinajstić information content (AvgIpc) is 2.37. The third kappa shape index (κ3) is 2.80. The maximum Gasteiger partial charge on any atom is 0.338 e. The second-order valence-corrected chi connectivity index (χ2v) is 4.26. The molecule has 2 rings (SSSR count). The van der Waals surface area contributed by atoms with E-state index in [0.717, 1.165) is 18.2 Å². The molecule has 0 bridgehead atoms. The van der Waals surface area contributed by atoms with Crippen molar-refractivity contribution in [2.45, 2.75) is 0 Å². The third-order valence-electron chi connectivity index (χ3n) is 2.45. The lowest BCUT2D eigenvalue weighted by Gasteiger charge is -2.10. The Bertz CT molecular complexity index is 692. The van der Waals surface area contributed by atoms with Crippen LogP contribution in [0.5, 0.6) is 11.5 Å². The predicted molar refractivity (Wildman–Crippen MR) is 69.3 cm³/mol. The Morgan fingerprint density at radius 2 is 1.90 bits per heavy atom. The first-order chi connectivity index (χ1) is 9.38. The standard InChI is InChI=1S/C13H8ClF2NO3/c14-8-3-6(1-2-9(8)15)20-12-5-10(16)7(13(18)19)4-11(12)17/h1-5H,17H2,(H,18,19). The van der Waals surface area contributed by atoms with E-state index in [-0.39, 0.29) is 22.2 Å². The Morgan fingerprint density at radius 1 is 1.20 bits per heavy atom. The largest absolute Gasteiger partial charge is 0.478 e. The molecular formula is C13H8ClF2NO3. The molecule has 0 aliphatic heterocycles. The predicted octanol–water partition coefficient (Wildman–Crippen LogP) is 3.69. The number of halogens is 3. The number of nitrogens with two attached hydrogens (primary N) is 1. The summed E-state index contributed by atoms with van der Waals surface area (Å²) in [7, 11) is 0. The van der Waals surface area contributed by atoms with Gasteiger partial charge in [0.05, 0.1) is 16.3 Å². The monoisotopic (exact) mass is 299 g/mol. The number of ether oxygens (including phenoxy) is 1. The van der Waals surface area contributed by atoms with Crippen LogP contribution in [-0.2, 0) is 0 Å². The zero-order valence-electron chi connectivity index (χ0n) is 9.86. The molecule has 104 valence electrons. The van der Waals surface area contributed by atoms with Gasteiger partial charge in [0.1, 0.15) is 17.4 Å². The maximum absolute atomic E-state index is 13.5. The van der Waals surface area contributed by atoms with Crippen LogP contribution in [0.4, 0.5) is 14.5 Å². The molecule has 0 fully saturated rings. The molecule has 0 saturated heterocycles. The Hall–Kier alpha value is -2.34. The fourth-order valence-corrected chi connectivity index (χ4v) is 1.66. The number of rotatable bonds is 3. The van der Waals surface area contributed by atoms with Gasteiger partial charge in [0, 0.05) is 12.1 Å². The van der Waals surface area contributed by atoms with Crippen LogP contribution in [0.2, 0.25) is 5.02 Å². The van der Waals surface area contributed by atoms with Crippen molar-refractivity contribution in [1.29, 1.82) is 0 Å². The van der Waals surface area contributed by atoms with Crippen LogP contribution in [0.3, 0.4) is 0 Å². The molecule has 3 N–H and O–H groups in total. The number of nitrogen functional groups attached to an aromatic ring is 1. The average molecular weight is 300 g/mol.